The van der Waals surface area contributed by atoms with Gasteiger partial charge in [-0.05, 0) is 31.2 Å². The van der Waals surface area contributed by atoms with E-state index >= 15 is 0 Å². The Morgan fingerprint density at radius 1 is 1.07 bits per heavy atom. The molecule has 2 N–H and O–H groups in total. The molecular formula is C19H22N2O6S2. The maximum absolute atomic E-state index is 12.1. The van der Waals surface area contributed by atoms with Crippen molar-refractivity contribution in [2.75, 3.05) is 13.2 Å². The normalized spacial score (nSPS) is 11.1. The number of ketones is 1. The van der Waals surface area contributed by atoms with Gasteiger partial charge in [-0.15, -0.1) is 11.3 Å². The van der Waals surface area contributed by atoms with Gasteiger partial charge in [0.2, 0.25) is 21.7 Å². The Morgan fingerprint density at radius 2 is 1.76 bits per heavy atom. The van der Waals surface area contributed by atoms with Crippen molar-refractivity contribution in [2.45, 2.75) is 31.7 Å². The molecule has 156 valence electrons. The molecular weight excluding hydrogens is 416 g/mol. The van der Waals surface area contributed by atoms with Crippen LogP contribution in [0.1, 0.15) is 33.5 Å². The van der Waals surface area contributed by atoms with Gasteiger partial charge in [0.25, 0.3) is 0 Å². The van der Waals surface area contributed by atoms with Gasteiger partial charge >= 0.3 is 5.97 Å². The van der Waals surface area contributed by atoms with Crippen molar-refractivity contribution < 1.29 is 27.5 Å². The Balaban J connectivity index is 1.74. The first-order valence-electron chi connectivity index (χ1n) is 8.75. The van der Waals surface area contributed by atoms with Crippen molar-refractivity contribution >= 4 is 39.0 Å². The van der Waals surface area contributed by atoms with Crippen LogP contribution in [0.25, 0.3) is 0 Å². The molecule has 1 aromatic heterocycles. The number of thiophene rings is 1. The van der Waals surface area contributed by atoms with E-state index < -0.39 is 22.6 Å². The Hall–Kier alpha value is -2.56. The summed E-state index contributed by atoms with van der Waals surface area (Å²) in [7, 11) is -3.71. The second kappa shape index (κ2) is 10.3. The fourth-order valence-electron chi connectivity index (χ4n) is 2.21. The number of carbonyl (C=O) groups excluding carboxylic acids is 3. The number of rotatable bonds is 10. The summed E-state index contributed by atoms with van der Waals surface area (Å²) in [5, 5.41) is 2.63. The zero-order chi connectivity index (χ0) is 21.4. The number of esters is 1. The van der Waals surface area contributed by atoms with Gasteiger partial charge in [-0.2, -0.15) is 0 Å². The topological polar surface area (TPSA) is 119 Å². The largest absolute Gasteiger partial charge is 0.457 e. The molecule has 0 atom stereocenters. The van der Waals surface area contributed by atoms with Crippen molar-refractivity contribution in [2.24, 2.45) is 0 Å². The Labute approximate surface area is 173 Å². The molecule has 0 saturated heterocycles. The molecule has 0 aliphatic heterocycles. The molecule has 0 aliphatic carbocycles. The van der Waals surface area contributed by atoms with Crippen LogP contribution in [0.3, 0.4) is 0 Å². The Bertz CT molecular complexity index is 980. The summed E-state index contributed by atoms with van der Waals surface area (Å²) in [5.41, 5.74) is 0.935. The van der Waals surface area contributed by atoms with Crippen molar-refractivity contribution in [3.8, 4) is 0 Å². The van der Waals surface area contributed by atoms with Gasteiger partial charge in [-0.3, -0.25) is 14.4 Å². The number of benzene rings is 1. The van der Waals surface area contributed by atoms with Crippen LogP contribution in [-0.4, -0.2) is 39.2 Å². The molecule has 0 aliphatic rings. The number of ether oxygens (including phenoxy) is 1. The fraction of sp³-hybridized carbons (Fsp3) is 0.316. The summed E-state index contributed by atoms with van der Waals surface area (Å²) < 4.78 is 31.5. The quantitative estimate of drug-likeness (QED) is 0.431. The minimum Gasteiger partial charge on any atom is -0.457 e. The molecule has 0 unspecified atom stereocenters. The molecule has 1 aromatic carbocycles. The van der Waals surface area contributed by atoms with Crippen molar-refractivity contribution in [1.29, 1.82) is 0 Å². The van der Waals surface area contributed by atoms with E-state index in [1.54, 1.807) is 24.3 Å². The standard InChI is InChI=1S/C19H22N2O6S2/c1-13-3-6-16(7-4-13)29(25,26)21-10-9-19(24)27-12-17(23)18-8-5-15(28-18)11-20-14(2)22/h3-8,21H,9-12H2,1-2H3,(H,20,22). The Morgan fingerprint density at radius 3 is 2.41 bits per heavy atom. The summed E-state index contributed by atoms with van der Waals surface area (Å²) >= 11 is 1.21. The lowest BCUT2D eigenvalue weighted by atomic mass is 10.2. The third-order valence-electron chi connectivity index (χ3n) is 3.76. The monoisotopic (exact) mass is 438 g/mol. The van der Waals surface area contributed by atoms with E-state index in [-0.39, 0.29) is 29.6 Å². The molecule has 0 bridgehead atoms. The fourth-order valence-corrected chi connectivity index (χ4v) is 4.12. The third kappa shape index (κ3) is 7.41. The van der Waals surface area contributed by atoms with Crippen molar-refractivity contribution in [1.82, 2.24) is 10.0 Å². The maximum atomic E-state index is 12.1. The van der Waals surface area contributed by atoms with Gasteiger partial charge in [-0.1, -0.05) is 17.7 Å². The second-order valence-corrected chi connectivity index (χ2v) is 9.16. The zero-order valence-electron chi connectivity index (χ0n) is 16.1. The number of aryl methyl sites for hydroxylation is 1. The molecule has 8 nitrogen and oxygen atoms in total. The van der Waals surface area contributed by atoms with E-state index in [4.69, 9.17) is 4.74 Å². The minimum atomic E-state index is -3.71. The van der Waals surface area contributed by atoms with Crippen LogP contribution in [0.4, 0.5) is 0 Å². The SMILES string of the molecule is CC(=O)NCc1ccc(C(=O)COC(=O)CCNS(=O)(=O)c2ccc(C)cc2)s1. The van der Waals surface area contributed by atoms with E-state index in [1.165, 1.54) is 30.4 Å². The van der Waals surface area contributed by atoms with Gasteiger partial charge in [0.15, 0.2) is 6.61 Å². The molecule has 0 saturated carbocycles. The molecule has 2 aromatic rings. The van der Waals surface area contributed by atoms with E-state index in [9.17, 15) is 22.8 Å². The number of nitrogens with one attached hydrogen (secondary N) is 2. The Kier molecular flexibility index (Phi) is 8.06. The van der Waals surface area contributed by atoms with Crippen molar-refractivity contribution in [3.63, 3.8) is 0 Å². The highest BCUT2D eigenvalue weighted by Gasteiger charge is 2.16. The summed E-state index contributed by atoms with van der Waals surface area (Å²) in [6.07, 6.45) is -0.198. The molecule has 1 amide bonds. The predicted octanol–water partition coefficient (Wildman–Crippen LogP) is 1.79. The summed E-state index contributed by atoms with van der Waals surface area (Å²) in [6, 6.07) is 9.65. The van der Waals surface area contributed by atoms with E-state index in [2.05, 4.69) is 10.0 Å². The van der Waals surface area contributed by atoms with E-state index in [0.29, 0.717) is 11.4 Å². The molecule has 0 spiro atoms. The first-order valence-corrected chi connectivity index (χ1v) is 11.1. The minimum absolute atomic E-state index is 0.111. The predicted molar refractivity (Wildman–Crippen MR) is 108 cm³/mol. The smallest absolute Gasteiger partial charge is 0.307 e. The number of Topliss-reactive ketones (excluding diaryl/α,β-unsaturated/α-hetero) is 1. The van der Waals surface area contributed by atoms with Crippen LogP contribution in [0, 0.1) is 6.92 Å². The van der Waals surface area contributed by atoms with Crippen LogP contribution < -0.4 is 10.0 Å². The lowest BCUT2D eigenvalue weighted by molar-refractivity contribution is -0.142. The number of amides is 1. The second-order valence-electron chi connectivity index (χ2n) is 6.22. The average Bonchev–Trinajstić information content (AvgIpc) is 3.14. The summed E-state index contributed by atoms with van der Waals surface area (Å²) in [5.74, 6) is -1.21. The van der Waals surface area contributed by atoms with Crippen LogP contribution >= 0.6 is 11.3 Å². The van der Waals surface area contributed by atoms with Crippen molar-refractivity contribution in [3.05, 3.63) is 51.7 Å². The van der Waals surface area contributed by atoms with Crippen LogP contribution in [0.2, 0.25) is 0 Å². The number of hydrogen-bond acceptors (Lipinski definition) is 7. The maximum Gasteiger partial charge on any atom is 0.307 e. The van der Waals surface area contributed by atoms with Gasteiger partial charge in [0.05, 0.1) is 22.7 Å². The molecule has 0 fully saturated rings. The highest BCUT2D eigenvalue weighted by Crippen LogP contribution is 2.17. The third-order valence-corrected chi connectivity index (χ3v) is 6.37. The van der Waals surface area contributed by atoms with Gasteiger partial charge in [0.1, 0.15) is 0 Å². The number of hydrogen-bond donors (Lipinski definition) is 2. The molecule has 10 heteroatoms. The number of carbonyl (C=O) groups is 3. The van der Waals surface area contributed by atoms with Crippen LogP contribution in [-0.2, 0) is 30.9 Å². The van der Waals surface area contributed by atoms with Gasteiger partial charge < -0.3 is 10.1 Å². The van der Waals surface area contributed by atoms with Gasteiger partial charge in [0, 0.05) is 18.3 Å². The first-order chi connectivity index (χ1) is 13.7. The molecule has 0 radical (unpaired) electrons. The lowest BCUT2D eigenvalue weighted by Gasteiger charge is -2.07. The van der Waals surface area contributed by atoms with E-state index in [0.717, 1.165) is 10.4 Å². The zero-order valence-corrected chi connectivity index (χ0v) is 17.7. The highest BCUT2D eigenvalue weighted by molar-refractivity contribution is 7.89. The first kappa shape index (κ1) is 22.7. The van der Waals surface area contributed by atoms with Gasteiger partial charge in [-0.25, -0.2) is 13.1 Å². The number of sulfonamides is 1. The highest BCUT2D eigenvalue weighted by atomic mass is 32.2. The lowest BCUT2D eigenvalue weighted by Crippen LogP contribution is -2.27. The molecule has 29 heavy (non-hydrogen) atoms. The average molecular weight is 439 g/mol. The van der Waals surface area contributed by atoms with Crippen LogP contribution in [0.15, 0.2) is 41.3 Å². The summed E-state index contributed by atoms with van der Waals surface area (Å²) in [6.45, 7) is 3.02. The van der Waals surface area contributed by atoms with Crippen LogP contribution in [0.5, 0.6) is 0 Å². The summed E-state index contributed by atoms with van der Waals surface area (Å²) in [4.78, 5) is 36.1. The molecule has 2 rings (SSSR count). The van der Waals surface area contributed by atoms with E-state index in [1.807, 2.05) is 6.92 Å². The molecule has 1 heterocycles.